The maximum atomic E-state index is 13.3. The van der Waals surface area contributed by atoms with Crippen LogP contribution in [0.3, 0.4) is 0 Å². The standard InChI is InChI=1S/C14H18F2N2O3S/c1-22(20,21)18(11-6-7-12(15)13(16)9-11)8-2-3-14(19)17-10-4-5-10/h6-7,9-10H,2-5,8H2,1H3,(H,17,19). The number of hydrogen-bond donors (Lipinski definition) is 1. The van der Waals surface area contributed by atoms with E-state index in [0.717, 1.165) is 35.5 Å². The fourth-order valence-corrected chi connectivity index (χ4v) is 2.99. The third-order valence-corrected chi connectivity index (χ3v) is 4.49. The molecule has 0 atom stereocenters. The number of hydrogen-bond acceptors (Lipinski definition) is 3. The molecule has 122 valence electrons. The van der Waals surface area contributed by atoms with Gasteiger partial charge in [0.2, 0.25) is 15.9 Å². The first-order chi connectivity index (χ1) is 10.3. The summed E-state index contributed by atoms with van der Waals surface area (Å²) in [6.07, 6.45) is 3.43. The van der Waals surface area contributed by atoms with Crippen LogP contribution in [0, 0.1) is 11.6 Å². The molecule has 0 heterocycles. The van der Waals surface area contributed by atoms with Crippen LogP contribution in [0.2, 0.25) is 0 Å². The Kier molecular flexibility index (Phi) is 5.00. The first-order valence-corrected chi connectivity index (χ1v) is 8.84. The van der Waals surface area contributed by atoms with Gasteiger partial charge < -0.3 is 5.32 Å². The summed E-state index contributed by atoms with van der Waals surface area (Å²) in [4.78, 5) is 11.6. The van der Waals surface area contributed by atoms with E-state index in [1.165, 1.54) is 6.07 Å². The highest BCUT2D eigenvalue weighted by molar-refractivity contribution is 7.92. The first-order valence-electron chi connectivity index (χ1n) is 6.99. The smallest absolute Gasteiger partial charge is 0.232 e. The van der Waals surface area contributed by atoms with E-state index in [4.69, 9.17) is 0 Å². The van der Waals surface area contributed by atoms with Crippen molar-refractivity contribution in [1.82, 2.24) is 5.32 Å². The van der Waals surface area contributed by atoms with Crippen molar-refractivity contribution < 1.29 is 22.0 Å². The second-order valence-electron chi connectivity index (χ2n) is 5.38. The summed E-state index contributed by atoms with van der Waals surface area (Å²) in [5.41, 5.74) is 0.0454. The third kappa shape index (κ3) is 4.66. The Morgan fingerprint density at radius 1 is 1.32 bits per heavy atom. The predicted molar refractivity (Wildman–Crippen MR) is 78.9 cm³/mol. The van der Waals surface area contributed by atoms with Crippen LogP contribution in [-0.2, 0) is 14.8 Å². The van der Waals surface area contributed by atoms with Gasteiger partial charge in [0.25, 0.3) is 0 Å². The van der Waals surface area contributed by atoms with Crippen molar-refractivity contribution in [1.29, 1.82) is 0 Å². The number of rotatable bonds is 7. The van der Waals surface area contributed by atoms with Gasteiger partial charge >= 0.3 is 0 Å². The molecule has 0 saturated heterocycles. The quantitative estimate of drug-likeness (QED) is 0.828. The molecule has 0 radical (unpaired) electrons. The molecule has 22 heavy (non-hydrogen) atoms. The number of carbonyl (C=O) groups is 1. The average Bonchev–Trinajstić information content (AvgIpc) is 3.20. The number of nitrogens with one attached hydrogen (secondary N) is 1. The zero-order valence-electron chi connectivity index (χ0n) is 12.2. The molecular formula is C14H18F2N2O3S. The molecule has 1 N–H and O–H groups in total. The molecule has 1 aliphatic carbocycles. The monoisotopic (exact) mass is 332 g/mol. The fourth-order valence-electron chi connectivity index (χ4n) is 2.04. The lowest BCUT2D eigenvalue weighted by Crippen LogP contribution is -2.32. The summed E-state index contributed by atoms with van der Waals surface area (Å²) in [6.45, 7) is 0.0298. The largest absolute Gasteiger partial charge is 0.353 e. The van der Waals surface area contributed by atoms with E-state index >= 15 is 0 Å². The van der Waals surface area contributed by atoms with Crippen LogP contribution >= 0.6 is 0 Å². The zero-order valence-corrected chi connectivity index (χ0v) is 13.0. The average molecular weight is 332 g/mol. The van der Waals surface area contributed by atoms with Gasteiger partial charge in [0.05, 0.1) is 11.9 Å². The van der Waals surface area contributed by atoms with Crippen molar-refractivity contribution in [3.63, 3.8) is 0 Å². The Morgan fingerprint density at radius 3 is 2.55 bits per heavy atom. The lowest BCUT2D eigenvalue weighted by atomic mass is 10.2. The number of carbonyl (C=O) groups excluding carboxylic acids is 1. The minimum atomic E-state index is -3.64. The Labute approximate surface area is 128 Å². The second kappa shape index (κ2) is 6.60. The minimum absolute atomic E-state index is 0.0298. The number of nitrogens with zero attached hydrogens (tertiary/aromatic N) is 1. The molecule has 1 saturated carbocycles. The van der Waals surface area contributed by atoms with Crippen molar-refractivity contribution in [2.24, 2.45) is 0 Å². The zero-order chi connectivity index (χ0) is 16.3. The van der Waals surface area contributed by atoms with Crippen molar-refractivity contribution in [3.05, 3.63) is 29.8 Å². The summed E-state index contributed by atoms with van der Waals surface area (Å²) in [6, 6.07) is 3.16. The maximum Gasteiger partial charge on any atom is 0.232 e. The van der Waals surface area contributed by atoms with Crippen LogP contribution in [0.1, 0.15) is 25.7 Å². The van der Waals surface area contributed by atoms with Crippen LogP contribution in [0.25, 0.3) is 0 Å². The van der Waals surface area contributed by atoms with Crippen molar-refractivity contribution in [2.75, 3.05) is 17.1 Å². The topological polar surface area (TPSA) is 66.5 Å². The molecule has 5 nitrogen and oxygen atoms in total. The first kappa shape index (κ1) is 16.7. The van der Waals surface area contributed by atoms with Gasteiger partial charge in [-0.2, -0.15) is 0 Å². The van der Waals surface area contributed by atoms with Gasteiger partial charge in [-0.15, -0.1) is 0 Å². The minimum Gasteiger partial charge on any atom is -0.353 e. The molecule has 2 rings (SSSR count). The van der Waals surface area contributed by atoms with Crippen molar-refractivity contribution in [3.8, 4) is 0 Å². The lowest BCUT2D eigenvalue weighted by molar-refractivity contribution is -0.121. The predicted octanol–water partition coefficient (Wildman–Crippen LogP) is 1.79. The molecule has 0 bridgehead atoms. The van der Waals surface area contributed by atoms with Crippen LogP contribution < -0.4 is 9.62 Å². The van der Waals surface area contributed by atoms with Crippen LogP contribution in [0.5, 0.6) is 0 Å². The third-order valence-electron chi connectivity index (χ3n) is 3.30. The highest BCUT2D eigenvalue weighted by Gasteiger charge is 2.23. The molecule has 1 amide bonds. The summed E-state index contributed by atoms with van der Waals surface area (Å²) in [5.74, 6) is -2.28. The van der Waals surface area contributed by atoms with Gasteiger partial charge in [-0.3, -0.25) is 9.10 Å². The van der Waals surface area contributed by atoms with Crippen LogP contribution in [0.4, 0.5) is 14.5 Å². The van der Waals surface area contributed by atoms with E-state index in [1.54, 1.807) is 0 Å². The van der Waals surface area contributed by atoms with Gasteiger partial charge in [-0.25, -0.2) is 17.2 Å². The molecule has 8 heteroatoms. The molecule has 0 aliphatic heterocycles. The number of halogens is 2. The maximum absolute atomic E-state index is 13.3. The highest BCUT2D eigenvalue weighted by Crippen LogP contribution is 2.21. The Hall–Kier alpha value is -1.70. The van der Waals surface area contributed by atoms with E-state index in [2.05, 4.69) is 5.32 Å². The molecular weight excluding hydrogens is 314 g/mol. The van der Waals surface area contributed by atoms with Crippen LogP contribution in [-0.4, -0.2) is 33.2 Å². The summed E-state index contributed by atoms with van der Waals surface area (Å²) < 4.78 is 50.8. The van der Waals surface area contributed by atoms with E-state index in [0.29, 0.717) is 6.42 Å². The van der Waals surface area contributed by atoms with Crippen LogP contribution in [0.15, 0.2) is 18.2 Å². The summed E-state index contributed by atoms with van der Waals surface area (Å²) in [5, 5.41) is 2.81. The molecule has 0 aromatic heterocycles. The van der Waals surface area contributed by atoms with Gasteiger partial charge in [-0.05, 0) is 31.4 Å². The van der Waals surface area contributed by atoms with Gasteiger partial charge in [0, 0.05) is 25.1 Å². The molecule has 0 spiro atoms. The molecule has 1 aliphatic rings. The van der Waals surface area contributed by atoms with E-state index in [1.807, 2.05) is 0 Å². The Morgan fingerprint density at radius 2 is 2.00 bits per heavy atom. The van der Waals surface area contributed by atoms with E-state index < -0.39 is 21.7 Å². The van der Waals surface area contributed by atoms with Crippen molar-refractivity contribution in [2.45, 2.75) is 31.7 Å². The highest BCUT2D eigenvalue weighted by atomic mass is 32.2. The Balaban J connectivity index is 2.00. The number of amides is 1. The van der Waals surface area contributed by atoms with Gasteiger partial charge in [0.15, 0.2) is 11.6 Å². The number of sulfonamides is 1. The fraction of sp³-hybridized carbons (Fsp3) is 0.500. The number of benzene rings is 1. The second-order valence-corrected chi connectivity index (χ2v) is 7.29. The molecule has 1 fully saturated rings. The molecule has 1 aromatic carbocycles. The SMILES string of the molecule is CS(=O)(=O)N(CCCC(=O)NC1CC1)c1ccc(F)c(F)c1. The number of anilines is 1. The normalized spacial score (nSPS) is 14.7. The van der Waals surface area contributed by atoms with Crippen molar-refractivity contribution >= 4 is 21.6 Å². The summed E-state index contributed by atoms with van der Waals surface area (Å²) >= 11 is 0. The van der Waals surface area contributed by atoms with Gasteiger partial charge in [0.1, 0.15) is 0 Å². The Bertz CT molecular complexity index is 660. The summed E-state index contributed by atoms with van der Waals surface area (Å²) in [7, 11) is -3.64. The van der Waals surface area contributed by atoms with E-state index in [9.17, 15) is 22.0 Å². The lowest BCUT2D eigenvalue weighted by Gasteiger charge is -2.22. The molecule has 1 aromatic rings. The van der Waals surface area contributed by atoms with E-state index in [-0.39, 0.29) is 30.6 Å². The van der Waals surface area contributed by atoms with Gasteiger partial charge in [-0.1, -0.05) is 0 Å². The molecule has 0 unspecified atom stereocenters.